The van der Waals surface area contributed by atoms with Gasteiger partial charge in [-0.3, -0.25) is 4.79 Å². The first-order valence-electron chi connectivity index (χ1n) is 6.56. The second kappa shape index (κ2) is 6.27. The summed E-state index contributed by atoms with van der Waals surface area (Å²) in [4.78, 5) is 12.5. The molecule has 0 spiro atoms. The molecule has 4 heteroatoms. The number of halogens is 2. The van der Waals surface area contributed by atoms with Gasteiger partial charge in [0.25, 0.3) is 0 Å². The van der Waals surface area contributed by atoms with Crippen LogP contribution in [0.3, 0.4) is 0 Å². The number of carbonyl (C=O) groups excluding carboxylic acids is 1. The van der Waals surface area contributed by atoms with Crippen LogP contribution in [0.1, 0.15) is 27.0 Å². The summed E-state index contributed by atoms with van der Waals surface area (Å²) in [6, 6.07) is 7.95. The van der Waals surface area contributed by atoms with Gasteiger partial charge >= 0.3 is 0 Å². The minimum atomic E-state index is -0.473. The van der Waals surface area contributed by atoms with Gasteiger partial charge in [-0.2, -0.15) is 0 Å². The number of hydrogen-bond donors (Lipinski definition) is 0. The molecule has 110 valence electrons. The normalized spacial score (nSPS) is 10.5. The zero-order valence-corrected chi connectivity index (χ0v) is 12.9. The fourth-order valence-corrected chi connectivity index (χ4v) is 2.46. The molecule has 2 aromatic rings. The van der Waals surface area contributed by atoms with Gasteiger partial charge in [-0.1, -0.05) is 23.7 Å². The minimum absolute atomic E-state index is 0.0929. The van der Waals surface area contributed by atoms with Crippen LogP contribution in [-0.2, 0) is 6.42 Å². The van der Waals surface area contributed by atoms with Gasteiger partial charge in [0.1, 0.15) is 11.6 Å². The largest absolute Gasteiger partial charge is 0.496 e. The van der Waals surface area contributed by atoms with E-state index in [2.05, 4.69) is 0 Å². The van der Waals surface area contributed by atoms with Crippen molar-refractivity contribution in [3.05, 3.63) is 63.4 Å². The first-order chi connectivity index (χ1) is 9.95. The maximum Gasteiger partial charge on any atom is 0.171 e. The van der Waals surface area contributed by atoms with Crippen molar-refractivity contribution in [1.29, 1.82) is 0 Å². The summed E-state index contributed by atoms with van der Waals surface area (Å²) >= 11 is 5.97. The van der Waals surface area contributed by atoms with Crippen LogP contribution in [0.5, 0.6) is 5.75 Å². The number of rotatable bonds is 4. The molecule has 0 saturated heterocycles. The Morgan fingerprint density at radius 2 is 1.95 bits per heavy atom. The average Bonchev–Trinajstić information content (AvgIpc) is 2.45. The SMILES string of the molecule is COc1c(C(=O)Cc2c(F)cccc2Cl)ccc(C)c1C. The Hall–Kier alpha value is -1.87. The highest BCUT2D eigenvalue weighted by Gasteiger charge is 2.18. The van der Waals surface area contributed by atoms with E-state index >= 15 is 0 Å². The molecular formula is C17H16ClFO2. The third kappa shape index (κ3) is 3.08. The molecule has 0 saturated carbocycles. The Morgan fingerprint density at radius 3 is 2.57 bits per heavy atom. The van der Waals surface area contributed by atoms with Crippen molar-refractivity contribution in [2.24, 2.45) is 0 Å². The van der Waals surface area contributed by atoms with E-state index in [1.54, 1.807) is 12.1 Å². The van der Waals surface area contributed by atoms with E-state index in [0.717, 1.165) is 11.1 Å². The lowest BCUT2D eigenvalue weighted by molar-refractivity contribution is 0.0988. The van der Waals surface area contributed by atoms with Crippen LogP contribution in [-0.4, -0.2) is 12.9 Å². The van der Waals surface area contributed by atoms with Crippen LogP contribution < -0.4 is 4.74 Å². The van der Waals surface area contributed by atoms with E-state index in [9.17, 15) is 9.18 Å². The molecule has 0 unspecified atom stereocenters. The molecule has 0 atom stereocenters. The topological polar surface area (TPSA) is 26.3 Å². The number of hydrogen-bond acceptors (Lipinski definition) is 2. The van der Waals surface area contributed by atoms with E-state index in [-0.39, 0.29) is 22.8 Å². The molecule has 0 aliphatic heterocycles. The van der Waals surface area contributed by atoms with Crippen molar-refractivity contribution in [3.63, 3.8) is 0 Å². The van der Waals surface area contributed by atoms with Crippen molar-refractivity contribution < 1.29 is 13.9 Å². The lowest BCUT2D eigenvalue weighted by atomic mass is 9.97. The van der Waals surface area contributed by atoms with Crippen LogP contribution in [0.4, 0.5) is 4.39 Å². The highest BCUT2D eigenvalue weighted by atomic mass is 35.5. The Balaban J connectivity index is 2.40. The average molecular weight is 307 g/mol. The van der Waals surface area contributed by atoms with E-state index < -0.39 is 5.82 Å². The van der Waals surface area contributed by atoms with Crippen molar-refractivity contribution in [1.82, 2.24) is 0 Å². The third-order valence-electron chi connectivity index (χ3n) is 3.58. The van der Waals surface area contributed by atoms with Gasteiger partial charge in [0.05, 0.1) is 12.7 Å². The summed E-state index contributed by atoms with van der Waals surface area (Å²) in [6.45, 7) is 3.83. The molecule has 2 aromatic carbocycles. The number of ether oxygens (including phenoxy) is 1. The summed E-state index contributed by atoms with van der Waals surface area (Å²) in [6.07, 6.45) is -0.0929. The summed E-state index contributed by atoms with van der Waals surface area (Å²) < 4.78 is 19.1. The van der Waals surface area contributed by atoms with E-state index in [0.29, 0.717) is 11.3 Å². The molecule has 0 radical (unpaired) electrons. The molecule has 0 N–H and O–H groups in total. The van der Waals surface area contributed by atoms with Crippen molar-refractivity contribution in [2.45, 2.75) is 20.3 Å². The minimum Gasteiger partial charge on any atom is -0.496 e. The second-order valence-electron chi connectivity index (χ2n) is 4.89. The van der Waals surface area contributed by atoms with Gasteiger partial charge in [-0.25, -0.2) is 4.39 Å². The first-order valence-corrected chi connectivity index (χ1v) is 6.93. The van der Waals surface area contributed by atoms with Gasteiger partial charge in [-0.15, -0.1) is 0 Å². The van der Waals surface area contributed by atoms with Crippen LogP contribution in [0, 0.1) is 19.7 Å². The Labute approximate surface area is 128 Å². The lowest BCUT2D eigenvalue weighted by Gasteiger charge is -2.13. The molecule has 0 fully saturated rings. The molecule has 0 amide bonds. The predicted octanol–water partition coefficient (Wildman–Crippen LogP) is 4.53. The third-order valence-corrected chi connectivity index (χ3v) is 3.93. The highest BCUT2D eigenvalue weighted by molar-refractivity contribution is 6.31. The maximum absolute atomic E-state index is 13.8. The van der Waals surface area contributed by atoms with Crippen molar-refractivity contribution in [2.75, 3.05) is 7.11 Å². The Morgan fingerprint density at radius 1 is 1.24 bits per heavy atom. The molecule has 0 aromatic heterocycles. The fourth-order valence-electron chi connectivity index (χ4n) is 2.23. The van der Waals surface area contributed by atoms with Crippen molar-refractivity contribution >= 4 is 17.4 Å². The van der Waals surface area contributed by atoms with Gasteiger partial charge in [0, 0.05) is 17.0 Å². The number of ketones is 1. The molecule has 0 heterocycles. The Bertz CT molecular complexity index is 675. The summed E-state index contributed by atoms with van der Waals surface area (Å²) in [7, 11) is 1.52. The molecule has 2 rings (SSSR count). The number of aryl methyl sites for hydroxylation is 1. The summed E-state index contributed by atoms with van der Waals surface area (Å²) in [5.74, 6) is -0.159. The highest BCUT2D eigenvalue weighted by Crippen LogP contribution is 2.28. The number of methoxy groups -OCH3 is 1. The molecule has 0 aliphatic rings. The van der Waals surface area contributed by atoms with Crippen LogP contribution in [0.2, 0.25) is 5.02 Å². The molecule has 0 aliphatic carbocycles. The quantitative estimate of drug-likeness (QED) is 0.776. The number of benzene rings is 2. The van der Waals surface area contributed by atoms with Gasteiger partial charge in [0.2, 0.25) is 0 Å². The van der Waals surface area contributed by atoms with Gasteiger partial charge < -0.3 is 4.74 Å². The molecule has 0 bridgehead atoms. The monoisotopic (exact) mass is 306 g/mol. The standard InChI is InChI=1S/C17H16ClFO2/c1-10-7-8-12(17(21-3)11(10)2)16(20)9-13-14(18)5-4-6-15(13)19/h4-8H,9H2,1-3H3. The number of carbonyl (C=O) groups is 1. The molecule has 2 nitrogen and oxygen atoms in total. The van der Waals surface area contributed by atoms with E-state index in [4.69, 9.17) is 16.3 Å². The van der Waals surface area contributed by atoms with E-state index in [1.165, 1.54) is 19.2 Å². The fraction of sp³-hybridized carbons (Fsp3) is 0.235. The van der Waals surface area contributed by atoms with Crippen LogP contribution in [0.25, 0.3) is 0 Å². The smallest absolute Gasteiger partial charge is 0.171 e. The predicted molar refractivity (Wildman–Crippen MR) is 81.9 cm³/mol. The molecular weight excluding hydrogens is 291 g/mol. The summed E-state index contributed by atoms with van der Waals surface area (Å²) in [5.41, 5.74) is 2.60. The van der Waals surface area contributed by atoms with Gasteiger partial charge in [0.15, 0.2) is 5.78 Å². The second-order valence-corrected chi connectivity index (χ2v) is 5.30. The lowest BCUT2D eigenvalue weighted by Crippen LogP contribution is -2.09. The summed E-state index contributed by atoms with van der Waals surface area (Å²) in [5, 5.41) is 0.256. The first kappa shape index (κ1) is 15.5. The zero-order chi connectivity index (χ0) is 15.6. The number of Topliss-reactive ketones (excluding diaryl/α,β-unsaturated/α-hetero) is 1. The van der Waals surface area contributed by atoms with Crippen LogP contribution in [0.15, 0.2) is 30.3 Å². The van der Waals surface area contributed by atoms with E-state index in [1.807, 2.05) is 19.9 Å². The zero-order valence-electron chi connectivity index (χ0n) is 12.2. The van der Waals surface area contributed by atoms with Gasteiger partial charge in [-0.05, 0) is 43.2 Å². The molecule has 21 heavy (non-hydrogen) atoms. The van der Waals surface area contributed by atoms with Crippen molar-refractivity contribution in [3.8, 4) is 5.75 Å². The Kier molecular flexibility index (Phi) is 4.63. The van der Waals surface area contributed by atoms with Crippen LogP contribution >= 0.6 is 11.6 Å². The maximum atomic E-state index is 13.8.